The van der Waals surface area contributed by atoms with Gasteiger partial charge < -0.3 is 15.2 Å². The molecular weight excluding hydrogens is 242 g/mol. The van der Waals surface area contributed by atoms with Crippen LogP contribution in [-0.4, -0.2) is 19.7 Å². The van der Waals surface area contributed by atoms with Crippen LogP contribution in [0.3, 0.4) is 0 Å². The van der Waals surface area contributed by atoms with Crippen LogP contribution in [0.15, 0.2) is 18.2 Å². The van der Waals surface area contributed by atoms with E-state index in [4.69, 9.17) is 22.1 Å². The summed E-state index contributed by atoms with van der Waals surface area (Å²) in [4.78, 5) is 10.9. The Balaban J connectivity index is 2.57. The molecule has 0 saturated heterocycles. The zero-order chi connectivity index (χ0) is 12.8. The van der Waals surface area contributed by atoms with Crippen LogP contribution < -0.4 is 10.5 Å². The van der Waals surface area contributed by atoms with Gasteiger partial charge in [0.05, 0.1) is 25.2 Å². The normalized spacial score (nSPS) is 12.0. The lowest BCUT2D eigenvalue weighted by atomic mass is 10.1. The van der Waals surface area contributed by atoms with Crippen molar-refractivity contribution in [2.45, 2.75) is 19.4 Å². The molecule has 4 nitrogen and oxygen atoms in total. The summed E-state index contributed by atoms with van der Waals surface area (Å²) >= 11 is 6.03. The lowest BCUT2D eigenvalue weighted by molar-refractivity contribution is -0.141. The second-order valence-electron chi connectivity index (χ2n) is 3.65. The van der Waals surface area contributed by atoms with Crippen LogP contribution in [0.2, 0.25) is 5.02 Å². The van der Waals surface area contributed by atoms with Crippen molar-refractivity contribution in [3.8, 4) is 5.75 Å². The van der Waals surface area contributed by atoms with Gasteiger partial charge in [0, 0.05) is 6.04 Å². The van der Waals surface area contributed by atoms with Gasteiger partial charge in [-0.1, -0.05) is 17.7 Å². The fraction of sp³-hybridized carbons (Fsp3) is 0.417. The number of hydrogen-bond donors (Lipinski definition) is 1. The van der Waals surface area contributed by atoms with Gasteiger partial charge in [-0.05, 0) is 24.6 Å². The Kier molecular flexibility index (Phi) is 5.25. The molecule has 5 heteroatoms. The topological polar surface area (TPSA) is 61.5 Å². The first-order valence-corrected chi connectivity index (χ1v) is 5.67. The first-order chi connectivity index (χ1) is 8.04. The predicted molar refractivity (Wildman–Crippen MR) is 66.2 cm³/mol. The molecule has 0 amide bonds. The van der Waals surface area contributed by atoms with Gasteiger partial charge in [-0.15, -0.1) is 0 Å². The summed E-state index contributed by atoms with van der Waals surface area (Å²) < 4.78 is 9.87. The molecule has 17 heavy (non-hydrogen) atoms. The van der Waals surface area contributed by atoms with Crippen LogP contribution in [0, 0.1) is 0 Å². The maximum atomic E-state index is 10.9. The molecule has 2 N–H and O–H groups in total. The standard InChI is InChI=1S/C12H16ClNO3/c1-8(14)9-3-4-11(10(13)7-9)17-6-5-12(15)16-2/h3-4,7-8H,5-6,14H2,1-2H3. The van der Waals surface area contributed by atoms with Crippen molar-refractivity contribution in [3.63, 3.8) is 0 Å². The highest BCUT2D eigenvalue weighted by atomic mass is 35.5. The lowest BCUT2D eigenvalue weighted by Crippen LogP contribution is -2.08. The molecule has 1 rings (SSSR count). The van der Waals surface area contributed by atoms with Gasteiger partial charge in [-0.2, -0.15) is 0 Å². The average Bonchev–Trinajstić information content (AvgIpc) is 2.30. The van der Waals surface area contributed by atoms with E-state index in [-0.39, 0.29) is 25.0 Å². The second kappa shape index (κ2) is 6.47. The Morgan fingerprint density at radius 1 is 1.53 bits per heavy atom. The number of rotatable bonds is 5. The molecule has 0 aliphatic heterocycles. The number of esters is 1. The first kappa shape index (κ1) is 13.8. The summed E-state index contributed by atoms with van der Waals surface area (Å²) in [5.41, 5.74) is 6.67. The summed E-state index contributed by atoms with van der Waals surface area (Å²) in [6, 6.07) is 5.29. The van der Waals surface area contributed by atoms with Gasteiger partial charge in [0.25, 0.3) is 0 Å². The Labute approximate surface area is 106 Å². The Hall–Kier alpha value is -1.26. The van der Waals surface area contributed by atoms with Crippen LogP contribution in [0.5, 0.6) is 5.75 Å². The van der Waals surface area contributed by atoms with Gasteiger partial charge in [0.1, 0.15) is 5.75 Å². The molecular formula is C12H16ClNO3. The first-order valence-electron chi connectivity index (χ1n) is 5.29. The lowest BCUT2D eigenvalue weighted by Gasteiger charge is -2.10. The van der Waals surface area contributed by atoms with Crippen molar-refractivity contribution in [1.29, 1.82) is 0 Å². The van der Waals surface area contributed by atoms with Crippen molar-refractivity contribution in [3.05, 3.63) is 28.8 Å². The summed E-state index contributed by atoms with van der Waals surface area (Å²) in [7, 11) is 1.34. The fourth-order valence-corrected chi connectivity index (χ4v) is 1.51. The van der Waals surface area contributed by atoms with E-state index >= 15 is 0 Å². The highest BCUT2D eigenvalue weighted by Gasteiger charge is 2.07. The van der Waals surface area contributed by atoms with Crippen molar-refractivity contribution in [1.82, 2.24) is 0 Å². The number of halogens is 1. The van der Waals surface area contributed by atoms with Crippen LogP contribution in [0.25, 0.3) is 0 Å². The summed E-state index contributed by atoms with van der Waals surface area (Å²) in [6.07, 6.45) is 0.196. The SMILES string of the molecule is COC(=O)CCOc1ccc(C(C)N)cc1Cl. The molecule has 0 aliphatic rings. The van der Waals surface area contributed by atoms with Crippen molar-refractivity contribution in [2.24, 2.45) is 5.73 Å². The van der Waals surface area contributed by atoms with Crippen LogP contribution in [0.4, 0.5) is 0 Å². The number of benzene rings is 1. The molecule has 0 heterocycles. The van der Waals surface area contributed by atoms with Crippen LogP contribution in [-0.2, 0) is 9.53 Å². The van der Waals surface area contributed by atoms with E-state index in [1.165, 1.54) is 7.11 Å². The highest BCUT2D eigenvalue weighted by Crippen LogP contribution is 2.27. The Morgan fingerprint density at radius 2 is 2.24 bits per heavy atom. The van der Waals surface area contributed by atoms with Crippen LogP contribution in [0.1, 0.15) is 24.9 Å². The zero-order valence-corrected chi connectivity index (χ0v) is 10.7. The molecule has 0 bridgehead atoms. The number of ether oxygens (including phenoxy) is 2. The summed E-state index contributed by atoms with van der Waals surface area (Å²) in [6.45, 7) is 2.12. The van der Waals surface area contributed by atoms with E-state index in [2.05, 4.69) is 4.74 Å². The van der Waals surface area contributed by atoms with E-state index in [1.807, 2.05) is 13.0 Å². The van der Waals surface area contributed by atoms with Crippen molar-refractivity contribution >= 4 is 17.6 Å². The molecule has 0 saturated carbocycles. The molecule has 1 aromatic rings. The Bertz CT molecular complexity index is 393. The average molecular weight is 258 g/mol. The number of methoxy groups -OCH3 is 1. The smallest absolute Gasteiger partial charge is 0.308 e. The monoisotopic (exact) mass is 257 g/mol. The van der Waals surface area contributed by atoms with Gasteiger partial charge in [0.15, 0.2) is 0 Å². The summed E-state index contributed by atoms with van der Waals surface area (Å²) in [5.74, 6) is 0.230. The van der Waals surface area contributed by atoms with E-state index < -0.39 is 0 Å². The molecule has 1 atom stereocenters. The minimum atomic E-state index is -0.312. The van der Waals surface area contributed by atoms with Gasteiger partial charge in [-0.25, -0.2) is 0 Å². The third-order valence-electron chi connectivity index (χ3n) is 2.27. The molecule has 0 spiro atoms. The Morgan fingerprint density at radius 3 is 2.76 bits per heavy atom. The number of hydrogen-bond acceptors (Lipinski definition) is 4. The zero-order valence-electron chi connectivity index (χ0n) is 9.90. The molecule has 1 aromatic carbocycles. The van der Waals surface area contributed by atoms with Crippen molar-refractivity contribution < 1.29 is 14.3 Å². The van der Waals surface area contributed by atoms with Gasteiger partial charge >= 0.3 is 5.97 Å². The minimum absolute atomic E-state index is 0.0726. The molecule has 0 aliphatic carbocycles. The van der Waals surface area contributed by atoms with Crippen LogP contribution >= 0.6 is 11.6 Å². The highest BCUT2D eigenvalue weighted by molar-refractivity contribution is 6.32. The third kappa shape index (κ3) is 4.24. The van der Waals surface area contributed by atoms with E-state index in [1.54, 1.807) is 12.1 Å². The maximum absolute atomic E-state index is 10.9. The van der Waals surface area contributed by atoms with Gasteiger partial charge in [-0.3, -0.25) is 4.79 Å². The maximum Gasteiger partial charge on any atom is 0.308 e. The van der Waals surface area contributed by atoms with E-state index in [9.17, 15) is 4.79 Å². The minimum Gasteiger partial charge on any atom is -0.491 e. The number of carbonyl (C=O) groups is 1. The second-order valence-corrected chi connectivity index (χ2v) is 4.06. The third-order valence-corrected chi connectivity index (χ3v) is 2.57. The molecule has 1 unspecified atom stereocenters. The fourth-order valence-electron chi connectivity index (χ4n) is 1.26. The number of carbonyl (C=O) groups excluding carboxylic acids is 1. The largest absolute Gasteiger partial charge is 0.491 e. The van der Waals surface area contributed by atoms with E-state index in [0.29, 0.717) is 10.8 Å². The molecule has 0 aromatic heterocycles. The van der Waals surface area contributed by atoms with Crippen molar-refractivity contribution in [2.75, 3.05) is 13.7 Å². The number of nitrogens with two attached hydrogens (primary N) is 1. The van der Waals surface area contributed by atoms with E-state index in [0.717, 1.165) is 5.56 Å². The summed E-state index contributed by atoms with van der Waals surface area (Å²) in [5, 5.41) is 0.490. The van der Waals surface area contributed by atoms with Gasteiger partial charge in [0.2, 0.25) is 0 Å². The molecule has 0 radical (unpaired) electrons. The molecule has 94 valence electrons. The molecule has 0 fully saturated rings. The quantitative estimate of drug-likeness (QED) is 0.823. The predicted octanol–water partition coefficient (Wildman–Crippen LogP) is 2.30.